The van der Waals surface area contributed by atoms with Gasteiger partial charge in [0.15, 0.2) is 11.6 Å². The molecule has 1 unspecified atom stereocenters. The Morgan fingerprint density at radius 1 is 0.667 bits per heavy atom. The molecule has 0 saturated heterocycles. The zero-order valence-electron chi connectivity index (χ0n) is 24.9. The molecular formula is C36H44F5N. The van der Waals surface area contributed by atoms with Crippen LogP contribution in [0.4, 0.5) is 22.0 Å². The molecule has 0 amide bonds. The summed E-state index contributed by atoms with van der Waals surface area (Å²) in [6.07, 6.45) is 16.0. The van der Waals surface area contributed by atoms with Crippen molar-refractivity contribution in [2.45, 2.75) is 128 Å². The number of hydrogen-bond acceptors (Lipinski definition) is 1. The van der Waals surface area contributed by atoms with Gasteiger partial charge in [0, 0.05) is 5.56 Å². The van der Waals surface area contributed by atoms with Crippen molar-refractivity contribution >= 4 is 0 Å². The number of hydrogen-bond donors (Lipinski definition) is 0. The van der Waals surface area contributed by atoms with Crippen LogP contribution in [-0.4, -0.2) is 0 Å². The van der Waals surface area contributed by atoms with Crippen molar-refractivity contribution in [1.82, 2.24) is 0 Å². The number of unbranched alkanes of at least 4 members (excludes halogenated alkanes) is 2. The van der Waals surface area contributed by atoms with E-state index in [1.54, 1.807) is 0 Å². The standard InChI is InChI=1S/C36H44F5N/c1-2-3-4-5-22-6-8-23(9-7-22)10-11-24-12-17-28-29(18-24)35(40)36(41)33(34(28)39)26-15-13-25(14-16-26)27-19-31(37)30(21-42)32(38)20-27/h19-20,22-26H,2-18H2,1H3. The third kappa shape index (κ3) is 6.71. The van der Waals surface area contributed by atoms with Gasteiger partial charge in [-0.05, 0) is 110 Å². The van der Waals surface area contributed by atoms with Gasteiger partial charge in [0.25, 0.3) is 0 Å². The van der Waals surface area contributed by atoms with E-state index in [0.717, 1.165) is 31.1 Å². The molecule has 0 bridgehead atoms. The summed E-state index contributed by atoms with van der Waals surface area (Å²) in [7, 11) is 0. The predicted octanol–water partition coefficient (Wildman–Crippen LogP) is 11.0. The van der Waals surface area contributed by atoms with Crippen molar-refractivity contribution in [3.05, 3.63) is 69.0 Å². The van der Waals surface area contributed by atoms with Crippen molar-refractivity contribution in [2.75, 3.05) is 0 Å². The van der Waals surface area contributed by atoms with E-state index in [4.69, 9.17) is 5.26 Å². The summed E-state index contributed by atoms with van der Waals surface area (Å²) < 4.78 is 75.0. The highest BCUT2D eigenvalue weighted by Crippen LogP contribution is 2.45. The Bertz CT molecular complexity index is 1260. The van der Waals surface area contributed by atoms with E-state index in [2.05, 4.69) is 6.92 Å². The normalized spacial score (nSPS) is 26.1. The lowest BCUT2D eigenvalue weighted by Gasteiger charge is -2.33. The van der Waals surface area contributed by atoms with Gasteiger partial charge < -0.3 is 0 Å². The second-order valence-electron chi connectivity index (χ2n) is 13.4. The maximum absolute atomic E-state index is 15.8. The molecule has 0 heterocycles. The number of nitriles is 1. The molecule has 5 rings (SSSR count). The van der Waals surface area contributed by atoms with Gasteiger partial charge in [-0.15, -0.1) is 0 Å². The highest BCUT2D eigenvalue weighted by molar-refractivity contribution is 5.41. The van der Waals surface area contributed by atoms with E-state index in [-0.39, 0.29) is 23.0 Å². The van der Waals surface area contributed by atoms with Crippen molar-refractivity contribution in [1.29, 1.82) is 5.26 Å². The molecular weight excluding hydrogens is 541 g/mol. The summed E-state index contributed by atoms with van der Waals surface area (Å²) in [6.45, 7) is 2.25. The monoisotopic (exact) mass is 585 g/mol. The van der Waals surface area contributed by atoms with E-state index in [1.807, 2.05) is 0 Å². The van der Waals surface area contributed by atoms with Crippen LogP contribution in [0.5, 0.6) is 0 Å². The average Bonchev–Trinajstić information content (AvgIpc) is 3.00. The van der Waals surface area contributed by atoms with Gasteiger partial charge >= 0.3 is 0 Å². The lowest BCUT2D eigenvalue weighted by atomic mass is 9.73. The van der Waals surface area contributed by atoms with Crippen molar-refractivity contribution in [3.8, 4) is 6.07 Å². The molecule has 2 saturated carbocycles. The minimum absolute atomic E-state index is 0.143. The number of rotatable bonds is 9. The smallest absolute Gasteiger partial charge is 0.165 e. The Morgan fingerprint density at radius 3 is 1.88 bits per heavy atom. The molecule has 6 heteroatoms. The fraction of sp³-hybridized carbons (Fsp3) is 0.639. The first-order valence-corrected chi connectivity index (χ1v) is 16.4. The minimum atomic E-state index is -1.05. The number of halogens is 5. The van der Waals surface area contributed by atoms with Crippen LogP contribution in [-0.2, 0) is 12.8 Å². The molecule has 1 atom stereocenters. The zero-order valence-corrected chi connectivity index (χ0v) is 24.9. The Labute approximate surface area is 247 Å². The van der Waals surface area contributed by atoms with Crippen molar-refractivity contribution < 1.29 is 22.0 Å². The van der Waals surface area contributed by atoms with Gasteiger partial charge in [0.05, 0.1) is 0 Å². The van der Waals surface area contributed by atoms with Crippen LogP contribution in [0, 0.1) is 58.2 Å². The molecule has 1 nitrogen and oxygen atoms in total. The summed E-state index contributed by atoms with van der Waals surface area (Å²) in [5.41, 5.74) is 0.290. The van der Waals surface area contributed by atoms with Gasteiger partial charge in [-0.1, -0.05) is 64.7 Å². The lowest BCUT2D eigenvalue weighted by molar-refractivity contribution is 0.232. The molecule has 2 aromatic rings. The van der Waals surface area contributed by atoms with Crippen LogP contribution in [0.2, 0.25) is 0 Å². The molecule has 42 heavy (non-hydrogen) atoms. The molecule has 3 aliphatic rings. The first-order chi connectivity index (χ1) is 20.3. The Morgan fingerprint density at radius 2 is 1.26 bits per heavy atom. The first kappa shape index (κ1) is 31.0. The zero-order chi connectivity index (χ0) is 29.8. The third-order valence-corrected chi connectivity index (χ3v) is 10.8. The van der Waals surface area contributed by atoms with Gasteiger partial charge in [-0.25, -0.2) is 22.0 Å². The van der Waals surface area contributed by atoms with E-state index < -0.39 is 40.6 Å². The maximum Gasteiger partial charge on any atom is 0.165 e. The van der Waals surface area contributed by atoms with E-state index in [1.165, 1.54) is 69.6 Å². The van der Waals surface area contributed by atoms with Gasteiger partial charge in [0.2, 0.25) is 0 Å². The van der Waals surface area contributed by atoms with Crippen LogP contribution < -0.4 is 0 Å². The topological polar surface area (TPSA) is 23.8 Å². The molecule has 2 aromatic carbocycles. The van der Waals surface area contributed by atoms with E-state index in [0.29, 0.717) is 49.7 Å². The van der Waals surface area contributed by atoms with E-state index >= 15 is 13.2 Å². The average molecular weight is 586 g/mol. The Balaban J connectivity index is 1.18. The van der Waals surface area contributed by atoms with E-state index in [9.17, 15) is 8.78 Å². The van der Waals surface area contributed by atoms with Crippen LogP contribution >= 0.6 is 0 Å². The van der Waals surface area contributed by atoms with Crippen LogP contribution in [0.3, 0.4) is 0 Å². The fourth-order valence-electron chi connectivity index (χ4n) is 8.21. The van der Waals surface area contributed by atoms with Crippen LogP contribution in [0.15, 0.2) is 12.1 Å². The molecule has 2 fully saturated rings. The summed E-state index contributed by atoms with van der Waals surface area (Å²) >= 11 is 0. The Hall–Kier alpha value is -2.42. The van der Waals surface area contributed by atoms with Gasteiger partial charge in [-0.2, -0.15) is 5.26 Å². The molecule has 0 spiro atoms. The summed E-state index contributed by atoms with van der Waals surface area (Å²) in [6, 6.07) is 3.89. The first-order valence-electron chi connectivity index (χ1n) is 16.4. The second-order valence-corrected chi connectivity index (χ2v) is 13.4. The number of nitrogens with zero attached hydrogens (tertiary/aromatic N) is 1. The van der Waals surface area contributed by atoms with Gasteiger partial charge in [0.1, 0.15) is 29.1 Å². The highest BCUT2D eigenvalue weighted by Gasteiger charge is 2.35. The Kier molecular flexibility index (Phi) is 10.3. The summed E-state index contributed by atoms with van der Waals surface area (Å²) in [4.78, 5) is 0. The number of fused-ring (bicyclic) bond motifs is 1. The van der Waals surface area contributed by atoms with Crippen molar-refractivity contribution in [2.24, 2.45) is 17.8 Å². The minimum Gasteiger partial charge on any atom is -0.206 e. The lowest BCUT2D eigenvalue weighted by Crippen LogP contribution is -2.23. The summed E-state index contributed by atoms with van der Waals surface area (Å²) in [5.74, 6) is -3.08. The quantitative estimate of drug-likeness (QED) is 0.163. The maximum atomic E-state index is 15.8. The second kappa shape index (κ2) is 13.9. The SMILES string of the molecule is CCCCCC1CCC(CCC2CCc3c(F)c(C4CCC(c5cc(F)c(C#N)c(F)c5)CC4)c(F)c(F)c3C2)CC1. The molecule has 0 aliphatic heterocycles. The van der Waals surface area contributed by atoms with Gasteiger partial charge in [-0.3, -0.25) is 0 Å². The molecule has 228 valence electrons. The molecule has 0 N–H and O–H groups in total. The molecule has 0 radical (unpaired) electrons. The summed E-state index contributed by atoms with van der Waals surface area (Å²) in [5, 5.41) is 8.92. The van der Waals surface area contributed by atoms with Crippen LogP contribution in [0.1, 0.15) is 143 Å². The number of benzene rings is 2. The molecule has 0 aromatic heterocycles. The molecule has 3 aliphatic carbocycles. The fourth-order valence-corrected chi connectivity index (χ4v) is 8.21. The highest BCUT2D eigenvalue weighted by atomic mass is 19.2. The largest absolute Gasteiger partial charge is 0.206 e. The van der Waals surface area contributed by atoms with Crippen LogP contribution in [0.25, 0.3) is 0 Å². The van der Waals surface area contributed by atoms with Crippen molar-refractivity contribution in [3.63, 3.8) is 0 Å². The third-order valence-electron chi connectivity index (χ3n) is 10.8. The predicted molar refractivity (Wildman–Crippen MR) is 156 cm³/mol.